The number of benzene rings is 1. The molecule has 1 amide bonds. The minimum atomic E-state index is -0.0342. The third-order valence-electron chi connectivity index (χ3n) is 4.26. The molecular formula is C16H16BrN7O2. The second-order valence-corrected chi connectivity index (χ2v) is 6.81. The Morgan fingerprint density at radius 2 is 2.08 bits per heavy atom. The van der Waals surface area contributed by atoms with E-state index in [1.807, 2.05) is 18.3 Å². The summed E-state index contributed by atoms with van der Waals surface area (Å²) in [5.74, 6) is 0.620. The van der Waals surface area contributed by atoms with Crippen molar-refractivity contribution in [2.75, 3.05) is 20.2 Å². The number of amides is 1. The van der Waals surface area contributed by atoms with Gasteiger partial charge < -0.3 is 9.64 Å². The zero-order valence-corrected chi connectivity index (χ0v) is 15.6. The normalized spacial score (nSPS) is 14.3. The number of hydrogen-bond donors (Lipinski definition) is 0. The van der Waals surface area contributed by atoms with E-state index in [1.54, 1.807) is 39.9 Å². The van der Waals surface area contributed by atoms with E-state index >= 15 is 0 Å². The van der Waals surface area contributed by atoms with E-state index in [2.05, 4.69) is 36.4 Å². The van der Waals surface area contributed by atoms with Crippen LogP contribution in [0.2, 0.25) is 0 Å². The highest BCUT2D eigenvalue weighted by molar-refractivity contribution is 9.10. The van der Waals surface area contributed by atoms with Crippen LogP contribution in [-0.2, 0) is 6.54 Å². The van der Waals surface area contributed by atoms with E-state index in [1.165, 1.54) is 0 Å². The molecule has 0 saturated carbocycles. The zero-order valence-electron chi connectivity index (χ0n) is 14.0. The number of ether oxygens (including phenoxy) is 1. The molecule has 10 heteroatoms. The summed E-state index contributed by atoms with van der Waals surface area (Å²) < 4.78 is 7.75. The van der Waals surface area contributed by atoms with E-state index in [4.69, 9.17) is 4.74 Å². The summed E-state index contributed by atoms with van der Waals surface area (Å²) in [6.45, 7) is 1.65. The quantitative estimate of drug-likeness (QED) is 0.622. The predicted octanol–water partition coefficient (Wildman–Crippen LogP) is 1.39. The average Bonchev–Trinajstić information content (AvgIpc) is 3.27. The van der Waals surface area contributed by atoms with Gasteiger partial charge in [-0.2, -0.15) is 15.0 Å². The van der Waals surface area contributed by atoms with Crippen LogP contribution in [0.1, 0.15) is 22.1 Å². The number of methoxy groups -OCH3 is 1. The molecule has 134 valence electrons. The van der Waals surface area contributed by atoms with Crippen LogP contribution in [0.25, 0.3) is 0 Å². The van der Waals surface area contributed by atoms with E-state index in [0.29, 0.717) is 30.9 Å². The fourth-order valence-electron chi connectivity index (χ4n) is 2.79. The second-order valence-electron chi connectivity index (χ2n) is 5.96. The van der Waals surface area contributed by atoms with Crippen molar-refractivity contribution in [3.05, 3.63) is 52.5 Å². The molecule has 0 bridgehead atoms. The van der Waals surface area contributed by atoms with Crippen LogP contribution in [0.4, 0.5) is 0 Å². The van der Waals surface area contributed by atoms with Crippen molar-refractivity contribution in [2.45, 2.75) is 12.6 Å². The van der Waals surface area contributed by atoms with Gasteiger partial charge in [0.1, 0.15) is 18.0 Å². The third-order valence-corrected chi connectivity index (χ3v) is 4.95. The first-order valence-corrected chi connectivity index (χ1v) is 8.81. The predicted molar refractivity (Wildman–Crippen MR) is 94.8 cm³/mol. The summed E-state index contributed by atoms with van der Waals surface area (Å²) >= 11 is 3.43. The molecule has 1 saturated heterocycles. The van der Waals surface area contributed by atoms with E-state index in [9.17, 15) is 4.79 Å². The van der Waals surface area contributed by atoms with Gasteiger partial charge in [0.15, 0.2) is 0 Å². The van der Waals surface area contributed by atoms with Crippen LogP contribution in [0.15, 0.2) is 41.3 Å². The van der Waals surface area contributed by atoms with Crippen molar-refractivity contribution < 1.29 is 9.53 Å². The van der Waals surface area contributed by atoms with Gasteiger partial charge in [-0.25, -0.2) is 4.68 Å². The minimum Gasteiger partial charge on any atom is -0.497 e. The Morgan fingerprint density at radius 1 is 1.31 bits per heavy atom. The van der Waals surface area contributed by atoms with E-state index in [0.717, 1.165) is 10.2 Å². The fourth-order valence-corrected chi connectivity index (χ4v) is 3.20. The Bertz CT molecular complexity index is 919. The first-order valence-electron chi connectivity index (χ1n) is 8.01. The molecule has 9 nitrogen and oxygen atoms in total. The van der Waals surface area contributed by atoms with Crippen LogP contribution in [0, 0.1) is 0 Å². The number of halogens is 1. The van der Waals surface area contributed by atoms with E-state index in [-0.39, 0.29) is 11.9 Å². The molecule has 1 aliphatic heterocycles. The molecule has 0 radical (unpaired) electrons. The SMILES string of the molecule is COc1ccc(Br)c(C(=O)N2CC(n3cc(Cn4nccn4)nn3)C2)c1. The standard InChI is InChI=1S/C16H16BrN7O2/c1-26-13-2-3-15(17)14(6-13)16(25)22-9-12(10-22)23-7-11(20-21-23)8-24-18-4-5-19-24/h2-7,12H,8-10H2,1H3. The van der Waals surface area contributed by atoms with Crippen molar-refractivity contribution in [1.82, 2.24) is 34.9 Å². The Hall–Kier alpha value is -2.75. The summed E-state index contributed by atoms with van der Waals surface area (Å²) in [5, 5.41) is 16.4. The van der Waals surface area contributed by atoms with Gasteiger partial charge in [0.25, 0.3) is 5.91 Å². The van der Waals surface area contributed by atoms with Crippen molar-refractivity contribution in [2.24, 2.45) is 0 Å². The molecule has 0 atom stereocenters. The number of likely N-dealkylation sites (tertiary alicyclic amines) is 1. The average molecular weight is 418 g/mol. The zero-order chi connectivity index (χ0) is 18.1. The third kappa shape index (κ3) is 3.19. The van der Waals surface area contributed by atoms with Crippen molar-refractivity contribution >= 4 is 21.8 Å². The first-order chi connectivity index (χ1) is 12.6. The maximum absolute atomic E-state index is 12.7. The smallest absolute Gasteiger partial charge is 0.255 e. The van der Waals surface area contributed by atoms with Crippen molar-refractivity contribution in [1.29, 1.82) is 0 Å². The molecule has 1 aromatic carbocycles. The molecule has 3 aromatic rings. The molecule has 0 spiro atoms. The Balaban J connectivity index is 1.39. The van der Waals surface area contributed by atoms with E-state index < -0.39 is 0 Å². The van der Waals surface area contributed by atoms with Gasteiger partial charge in [-0.1, -0.05) is 5.21 Å². The number of rotatable bonds is 5. The number of aromatic nitrogens is 6. The van der Waals surface area contributed by atoms with Gasteiger partial charge in [0.2, 0.25) is 0 Å². The van der Waals surface area contributed by atoms with Crippen molar-refractivity contribution in [3.8, 4) is 5.75 Å². The molecule has 4 rings (SSSR count). The summed E-state index contributed by atoms with van der Waals surface area (Å²) in [6.07, 6.45) is 5.12. The second kappa shape index (κ2) is 6.87. The molecule has 0 aliphatic carbocycles. The van der Waals surface area contributed by atoms with Gasteiger partial charge in [0.05, 0.1) is 37.3 Å². The molecular weight excluding hydrogens is 402 g/mol. The van der Waals surface area contributed by atoms with Crippen LogP contribution >= 0.6 is 15.9 Å². The molecule has 26 heavy (non-hydrogen) atoms. The highest BCUT2D eigenvalue weighted by atomic mass is 79.9. The molecule has 0 unspecified atom stereocenters. The highest BCUT2D eigenvalue weighted by Gasteiger charge is 2.34. The largest absolute Gasteiger partial charge is 0.497 e. The van der Waals surface area contributed by atoms with Gasteiger partial charge >= 0.3 is 0 Å². The summed E-state index contributed by atoms with van der Waals surface area (Å²) in [4.78, 5) is 16.0. The van der Waals surface area contributed by atoms with Crippen LogP contribution in [0.5, 0.6) is 5.75 Å². The van der Waals surface area contributed by atoms with Crippen molar-refractivity contribution in [3.63, 3.8) is 0 Å². The summed E-state index contributed by atoms with van der Waals surface area (Å²) in [7, 11) is 1.58. The van der Waals surface area contributed by atoms with Crippen LogP contribution in [-0.4, -0.2) is 61.0 Å². The van der Waals surface area contributed by atoms with Crippen LogP contribution in [0.3, 0.4) is 0 Å². The Morgan fingerprint density at radius 3 is 2.81 bits per heavy atom. The highest BCUT2D eigenvalue weighted by Crippen LogP contribution is 2.28. The lowest BCUT2D eigenvalue weighted by molar-refractivity contribution is 0.0497. The lowest BCUT2D eigenvalue weighted by Crippen LogP contribution is -2.51. The minimum absolute atomic E-state index is 0.0342. The number of nitrogens with zero attached hydrogens (tertiary/aromatic N) is 7. The van der Waals surface area contributed by atoms with Gasteiger partial charge in [-0.05, 0) is 34.1 Å². The fraction of sp³-hybridized carbons (Fsp3) is 0.312. The van der Waals surface area contributed by atoms with Gasteiger partial charge in [-0.3, -0.25) is 4.79 Å². The van der Waals surface area contributed by atoms with Crippen LogP contribution < -0.4 is 4.74 Å². The van der Waals surface area contributed by atoms with Gasteiger partial charge in [-0.15, -0.1) is 5.10 Å². The molecule has 1 aliphatic rings. The molecule has 1 fully saturated rings. The Kier molecular flexibility index (Phi) is 4.41. The monoisotopic (exact) mass is 417 g/mol. The lowest BCUT2D eigenvalue weighted by atomic mass is 10.1. The van der Waals surface area contributed by atoms with Gasteiger partial charge in [0, 0.05) is 17.6 Å². The lowest BCUT2D eigenvalue weighted by Gasteiger charge is -2.39. The number of carbonyl (C=O) groups is 1. The topological polar surface area (TPSA) is 91.0 Å². The summed E-state index contributed by atoms with van der Waals surface area (Å²) in [5.41, 5.74) is 1.37. The number of carbonyl (C=O) groups excluding carboxylic acids is 1. The summed E-state index contributed by atoms with van der Waals surface area (Å²) in [6, 6.07) is 5.49. The first kappa shape index (κ1) is 16.7. The number of hydrogen-bond acceptors (Lipinski definition) is 6. The Labute approximate surface area is 157 Å². The maximum Gasteiger partial charge on any atom is 0.255 e. The molecule has 2 aromatic heterocycles. The maximum atomic E-state index is 12.7. The molecule has 0 N–H and O–H groups in total. The molecule has 3 heterocycles.